The fourth-order valence-electron chi connectivity index (χ4n) is 21.2. The van der Waals surface area contributed by atoms with Crippen molar-refractivity contribution in [3.05, 3.63) is 471 Å². The first-order valence-electron chi connectivity index (χ1n) is 46.3. The lowest BCUT2D eigenvalue weighted by Gasteiger charge is -2.23. The standard InChI is InChI=1S/2C42H30N4.C40H26N4/c1-42(2)34-19-11-9-17-31(34)32-25-26-36-37(38(32)42)33-18-10-12-20-35(33)46(36)30-23-21-29(22-24-30)41-44-39(27-13-5-3-6-14-27)43-40(45-41)28-15-7-4-8-16-28;1-42(2)35-19-11-9-17-31(35)33-25-26-34-32-18-10-12-20-36(32)46(38(34)37(33)42)30-23-21-29(22-24-30)41-44-39(27-13-5-3-6-14-27)43-40(45-41)28-15-7-4-8-16-28;1-4-14-27(15-5-1)34-26-35(28-16-6-2-7-17-28)42-40(41-34)44-37-23-13-11-21-31(37)33-25-24-32-30-20-10-12-22-36(30)43(38(32)39(33)44)29-18-8-3-9-19-29/h2*3-26H,1-2H3;1-26H. The Balaban J connectivity index is 0.000000109. The van der Waals surface area contributed by atoms with E-state index in [1.165, 1.54) is 115 Å². The van der Waals surface area contributed by atoms with Crippen LogP contribution in [0.1, 0.15) is 49.9 Å². The highest BCUT2D eigenvalue weighted by Crippen LogP contribution is 2.56. The van der Waals surface area contributed by atoms with E-state index in [0.717, 1.165) is 89.5 Å². The molecule has 2 aliphatic carbocycles. The van der Waals surface area contributed by atoms with E-state index >= 15 is 0 Å². The van der Waals surface area contributed by atoms with E-state index in [9.17, 15) is 0 Å². The second-order valence-electron chi connectivity index (χ2n) is 36.1. The molecule has 0 aliphatic heterocycles. The van der Waals surface area contributed by atoms with Crippen molar-refractivity contribution in [2.24, 2.45) is 0 Å². The van der Waals surface area contributed by atoms with Crippen molar-refractivity contribution in [1.29, 1.82) is 0 Å². The number of fused-ring (bicyclic) bond motifs is 21. The lowest BCUT2D eigenvalue weighted by Crippen LogP contribution is -2.16. The number of rotatable bonds is 12. The minimum Gasteiger partial charge on any atom is -0.309 e. The molecule has 0 bridgehead atoms. The quantitative estimate of drug-likeness (QED) is 0.119. The number of hydrogen-bond donors (Lipinski definition) is 0. The van der Waals surface area contributed by atoms with Crippen LogP contribution in [0.25, 0.3) is 223 Å². The van der Waals surface area contributed by atoms with Crippen molar-refractivity contribution < 1.29 is 0 Å². The van der Waals surface area contributed by atoms with Crippen molar-refractivity contribution in [1.82, 2.24) is 58.1 Å². The molecule has 0 spiro atoms. The highest BCUT2D eigenvalue weighted by molar-refractivity contribution is 6.24. The van der Waals surface area contributed by atoms with E-state index in [4.69, 9.17) is 39.9 Å². The predicted octanol–water partition coefficient (Wildman–Crippen LogP) is 30.6. The van der Waals surface area contributed by atoms with Gasteiger partial charge in [-0.25, -0.2) is 39.9 Å². The van der Waals surface area contributed by atoms with Gasteiger partial charge < -0.3 is 13.7 Å². The van der Waals surface area contributed by atoms with Gasteiger partial charge >= 0.3 is 0 Å². The van der Waals surface area contributed by atoms with Crippen molar-refractivity contribution in [3.8, 4) is 136 Å². The maximum absolute atomic E-state index is 5.28. The average Bonchev–Trinajstić information content (AvgIpc) is 1.54. The van der Waals surface area contributed by atoms with Crippen LogP contribution in [0, 0.1) is 0 Å². The van der Waals surface area contributed by atoms with E-state index in [0.29, 0.717) is 40.9 Å². The Kier molecular flexibility index (Phi) is 19.3. The molecular formula is C124H86N12. The van der Waals surface area contributed by atoms with Crippen LogP contribution >= 0.6 is 0 Å². The molecule has 2 aliphatic rings. The topological polar surface area (TPSA) is 123 Å². The van der Waals surface area contributed by atoms with Gasteiger partial charge in [-0.15, -0.1) is 0 Å². The zero-order valence-electron chi connectivity index (χ0n) is 75.1. The van der Waals surface area contributed by atoms with Crippen molar-refractivity contribution in [3.63, 3.8) is 0 Å². The van der Waals surface area contributed by atoms with Crippen LogP contribution in [0.4, 0.5) is 0 Å². The van der Waals surface area contributed by atoms with E-state index in [1.807, 2.05) is 133 Å². The van der Waals surface area contributed by atoms with Gasteiger partial charge in [0.15, 0.2) is 34.9 Å². The number of para-hydroxylation sites is 5. The Hall–Kier alpha value is -17.7. The second-order valence-corrected chi connectivity index (χ2v) is 36.1. The normalized spacial score (nSPS) is 12.7. The fourth-order valence-corrected chi connectivity index (χ4v) is 21.2. The summed E-state index contributed by atoms with van der Waals surface area (Å²) in [4.78, 5) is 40.1. The van der Waals surface area contributed by atoms with Crippen LogP contribution in [-0.4, -0.2) is 58.1 Å². The molecule has 0 saturated carbocycles. The molecule has 0 unspecified atom stereocenters. The van der Waals surface area contributed by atoms with Crippen molar-refractivity contribution in [2.45, 2.75) is 38.5 Å². The molecule has 27 rings (SSSR count). The smallest absolute Gasteiger partial charge is 0.235 e. The molecular weight excluding hydrogens is 1660 g/mol. The Morgan fingerprint density at radius 2 is 0.471 bits per heavy atom. The maximum Gasteiger partial charge on any atom is 0.235 e. The number of hydrogen-bond acceptors (Lipinski definition) is 8. The Bertz CT molecular complexity index is 8800. The van der Waals surface area contributed by atoms with Gasteiger partial charge in [-0.05, 0) is 142 Å². The molecule has 0 atom stereocenters. The van der Waals surface area contributed by atoms with Gasteiger partial charge in [0.2, 0.25) is 5.95 Å². The molecule has 18 aromatic carbocycles. The van der Waals surface area contributed by atoms with Gasteiger partial charge in [0, 0.05) is 115 Å². The lowest BCUT2D eigenvalue weighted by molar-refractivity contribution is 0.664. The summed E-state index contributed by atoms with van der Waals surface area (Å²) in [5.41, 5.74) is 32.9. The first-order chi connectivity index (χ1) is 67.0. The van der Waals surface area contributed by atoms with Crippen LogP contribution in [0.15, 0.2) is 449 Å². The monoisotopic (exact) mass is 1740 g/mol. The summed E-state index contributed by atoms with van der Waals surface area (Å²) < 4.78 is 9.50. The summed E-state index contributed by atoms with van der Waals surface area (Å²) in [5.74, 6) is 4.59. The van der Waals surface area contributed by atoms with Crippen LogP contribution in [0.5, 0.6) is 0 Å². The Labute approximate surface area is 785 Å². The average molecular weight is 1740 g/mol. The Morgan fingerprint density at radius 1 is 0.184 bits per heavy atom. The van der Waals surface area contributed by atoms with Crippen LogP contribution in [0.2, 0.25) is 0 Å². The molecule has 12 heteroatoms. The highest BCUT2D eigenvalue weighted by atomic mass is 15.2. The molecule has 12 nitrogen and oxygen atoms in total. The first kappa shape index (κ1) is 80.3. The zero-order chi connectivity index (χ0) is 90.7. The summed E-state index contributed by atoms with van der Waals surface area (Å²) in [5, 5.41) is 9.89. The SMILES string of the molecule is CC1(C)c2ccccc2-c2ccc3c(c21)c1ccccc1n3-c1ccc(-c2nc(-c3ccccc3)nc(-c3ccccc3)n2)cc1.CC1(C)c2ccccc2-c2ccc3c4ccccc4n(-c4ccc(-c5nc(-c6ccccc6)nc(-c6ccccc6)n5)cc4)c3c21.c1ccc(-c2cc(-c3ccccc3)nc(-n3c4ccccc4c4ccc5c6ccccc6n(-c6ccccc6)c5c43)n2)cc1. The number of benzene rings is 18. The first-order valence-corrected chi connectivity index (χ1v) is 46.3. The predicted molar refractivity (Wildman–Crippen MR) is 558 cm³/mol. The molecule has 642 valence electrons. The van der Waals surface area contributed by atoms with Crippen LogP contribution in [0.3, 0.4) is 0 Å². The minimum absolute atomic E-state index is 0.101. The summed E-state index contributed by atoms with van der Waals surface area (Å²) in [6.07, 6.45) is 0. The summed E-state index contributed by atoms with van der Waals surface area (Å²) in [6, 6.07) is 157. The third kappa shape index (κ3) is 13.4. The second kappa shape index (κ2) is 32.7. The molecule has 136 heavy (non-hydrogen) atoms. The summed E-state index contributed by atoms with van der Waals surface area (Å²) in [6.45, 7) is 9.44. The van der Waals surface area contributed by atoms with E-state index < -0.39 is 0 Å². The highest BCUT2D eigenvalue weighted by Gasteiger charge is 2.40. The van der Waals surface area contributed by atoms with Crippen molar-refractivity contribution >= 4 is 87.2 Å². The molecule has 0 N–H and O–H groups in total. The van der Waals surface area contributed by atoms with Gasteiger partial charge in [0.1, 0.15) is 0 Å². The van der Waals surface area contributed by atoms with Crippen molar-refractivity contribution in [2.75, 3.05) is 0 Å². The molecule has 0 radical (unpaired) electrons. The maximum atomic E-state index is 5.28. The largest absolute Gasteiger partial charge is 0.309 e. The van der Waals surface area contributed by atoms with E-state index in [-0.39, 0.29) is 10.8 Å². The molecule has 0 amide bonds. The minimum atomic E-state index is -0.135. The molecule has 7 heterocycles. The lowest BCUT2D eigenvalue weighted by atomic mass is 9.80. The fraction of sp³-hybridized carbons (Fsp3) is 0.0484. The van der Waals surface area contributed by atoms with Crippen LogP contribution < -0.4 is 0 Å². The molecule has 25 aromatic rings. The molecule has 0 saturated heterocycles. The van der Waals surface area contributed by atoms with Gasteiger partial charge in [-0.2, -0.15) is 0 Å². The molecule has 7 aromatic heterocycles. The van der Waals surface area contributed by atoms with Gasteiger partial charge in [-0.3, -0.25) is 4.57 Å². The molecule has 0 fully saturated rings. The number of aromatic nitrogens is 12. The third-order valence-corrected chi connectivity index (χ3v) is 27.4. The summed E-state index contributed by atoms with van der Waals surface area (Å²) >= 11 is 0. The third-order valence-electron chi connectivity index (χ3n) is 27.4. The Morgan fingerprint density at radius 3 is 0.897 bits per heavy atom. The van der Waals surface area contributed by atoms with E-state index in [1.54, 1.807) is 0 Å². The zero-order valence-corrected chi connectivity index (χ0v) is 75.1. The van der Waals surface area contributed by atoms with Gasteiger partial charge in [-0.1, -0.05) is 380 Å². The summed E-state index contributed by atoms with van der Waals surface area (Å²) in [7, 11) is 0. The van der Waals surface area contributed by atoms with E-state index in [2.05, 4.69) is 361 Å². The van der Waals surface area contributed by atoms with Gasteiger partial charge in [0.05, 0.1) is 55.5 Å². The number of nitrogens with zero attached hydrogens (tertiary/aromatic N) is 12. The van der Waals surface area contributed by atoms with Crippen LogP contribution in [-0.2, 0) is 10.8 Å². The van der Waals surface area contributed by atoms with Gasteiger partial charge in [0.25, 0.3) is 0 Å².